The van der Waals surface area contributed by atoms with Crippen LogP contribution < -0.4 is 5.32 Å². The predicted octanol–water partition coefficient (Wildman–Crippen LogP) is 4.42. The molecule has 2 aromatic rings. The highest BCUT2D eigenvalue weighted by atomic mass is 35.5. The van der Waals surface area contributed by atoms with Crippen LogP contribution in [0.5, 0.6) is 0 Å². The Hall–Kier alpha value is -1.93. The Morgan fingerprint density at radius 1 is 0.853 bits per heavy atom. The molecule has 2 saturated heterocycles. The van der Waals surface area contributed by atoms with Gasteiger partial charge < -0.3 is 15.1 Å². The quantitative estimate of drug-likeness (QED) is 0.622. The molecule has 2 fully saturated rings. The van der Waals surface area contributed by atoms with Gasteiger partial charge in [-0.3, -0.25) is 4.90 Å². The number of fused-ring (bicyclic) bond motifs is 1. The number of nitrogens with zero attached hydrogens (tertiary/aromatic N) is 3. The van der Waals surface area contributed by atoms with Gasteiger partial charge in [0, 0.05) is 57.8 Å². The number of benzene rings is 2. The molecule has 0 saturated carbocycles. The molecule has 0 bridgehead atoms. The first-order valence-corrected chi connectivity index (χ1v) is 11.6. The van der Waals surface area contributed by atoms with Crippen LogP contribution in [0.15, 0.2) is 42.5 Å². The van der Waals surface area contributed by atoms with E-state index < -0.39 is 0 Å². The minimum atomic E-state index is -0.232. The van der Waals surface area contributed by atoms with Crippen LogP contribution in [0.1, 0.15) is 41.5 Å². The van der Waals surface area contributed by atoms with E-state index in [1.165, 1.54) is 18.2 Å². The first-order valence-electron chi connectivity index (χ1n) is 11.6. The predicted molar refractivity (Wildman–Crippen MR) is 134 cm³/mol. The number of urea groups is 1. The first-order chi connectivity index (χ1) is 15.6. The van der Waals surface area contributed by atoms with Gasteiger partial charge in [0.2, 0.25) is 0 Å². The molecule has 34 heavy (non-hydrogen) atoms. The largest absolute Gasteiger partial charge is 0.336 e. The van der Waals surface area contributed by atoms with E-state index in [2.05, 4.69) is 15.1 Å². The molecular formula is C25H32Cl2F2N4O. The highest BCUT2D eigenvalue weighted by Gasteiger charge is 2.36. The summed E-state index contributed by atoms with van der Waals surface area (Å²) in [6.07, 6.45) is 1.88. The molecule has 186 valence electrons. The second-order valence-corrected chi connectivity index (χ2v) is 9.08. The summed E-state index contributed by atoms with van der Waals surface area (Å²) >= 11 is 0. The number of piperazine rings is 1. The van der Waals surface area contributed by atoms with Crippen molar-refractivity contribution in [3.05, 3.63) is 70.8 Å². The van der Waals surface area contributed by atoms with Crippen molar-refractivity contribution in [2.75, 3.05) is 52.4 Å². The fourth-order valence-corrected chi connectivity index (χ4v) is 5.49. The SMILES string of the molecule is Cl.Cl.O=C1NCCN1CCCN1CCN(C2CC(c3ccc(F)cc3)c3ccc(F)cc32)CC1. The molecule has 1 N–H and O–H groups in total. The van der Waals surface area contributed by atoms with Crippen molar-refractivity contribution in [1.82, 2.24) is 20.0 Å². The van der Waals surface area contributed by atoms with Gasteiger partial charge in [0.1, 0.15) is 11.6 Å². The normalized spacial score (nSPS) is 22.6. The molecule has 0 spiro atoms. The third-order valence-electron chi connectivity index (χ3n) is 7.21. The maximum Gasteiger partial charge on any atom is 0.317 e. The number of carbonyl (C=O) groups is 1. The summed E-state index contributed by atoms with van der Waals surface area (Å²) in [4.78, 5) is 18.5. The van der Waals surface area contributed by atoms with E-state index in [9.17, 15) is 13.6 Å². The van der Waals surface area contributed by atoms with Crippen LogP contribution in [0.2, 0.25) is 0 Å². The second-order valence-electron chi connectivity index (χ2n) is 9.08. The van der Waals surface area contributed by atoms with E-state index in [0.29, 0.717) is 0 Å². The summed E-state index contributed by atoms with van der Waals surface area (Å²) in [6, 6.07) is 12.1. The lowest BCUT2D eigenvalue weighted by atomic mass is 9.93. The van der Waals surface area contributed by atoms with Gasteiger partial charge in [-0.2, -0.15) is 0 Å². The van der Waals surface area contributed by atoms with Crippen LogP contribution in [-0.2, 0) is 0 Å². The molecule has 3 aliphatic rings. The number of nitrogens with one attached hydrogen (secondary N) is 1. The van der Waals surface area contributed by atoms with Crippen LogP contribution in [0, 0.1) is 11.6 Å². The fraction of sp³-hybridized carbons (Fsp3) is 0.480. The van der Waals surface area contributed by atoms with Crippen LogP contribution in [-0.4, -0.2) is 73.1 Å². The van der Waals surface area contributed by atoms with Gasteiger partial charge >= 0.3 is 6.03 Å². The summed E-state index contributed by atoms with van der Waals surface area (Å²) in [6.45, 7) is 7.21. The third-order valence-corrected chi connectivity index (χ3v) is 7.21. The average molecular weight is 513 g/mol. The van der Waals surface area contributed by atoms with Crippen molar-refractivity contribution in [1.29, 1.82) is 0 Å². The van der Waals surface area contributed by atoms with Gasteiger partial charge in [-0.25, -0.2) is 13.6 Å². The van der Waals surface area contributed by atoms with Crippen molar-refractivity contribution in [3.8, 4) is 0 Å². The maximum absolute atomic E-state index is 14.1. The van der Waals surface area contributed by atoms with Crippen LogP contribution >= 0.6 is 24.8 Å². The Balaban J connectivity index is 0.00000162. The Morgan fingerprint density at radius 2 is 1.56 bits per heavy atom. The number of carbonyl (C=O) groups excluding carboxylic acids is 1. The van der Waals surface area contributed by atoms with E-state index in [1.807, 2.05) is 23.1 Å². The van der Waals surface area contributed by atoms with E-state index in [4.69, 9.17) is 0 Å². The Labute approximate surface area is 212 Å². The van der Waals surface area contributed by atoms with Gasteiger partial charge in [0.25, 0.3) is 0 Å². The van der Waals surface area contributed by atoms with Crippen molar-refractivity contribution >= 4 is 30.8 Å². The molecule has 2 heterocycles. The Bertz CT molecular complexity index is 970. The van der Waals surface area contributed by atoms with Gasteiger partial charge in [0.05, 0.1) is 0 Å². The van der Waals surface area contributed by atoms with Crippen molar-refractivity contribution in [3.63, 3.8) is 0 Å². The average Bonchev–Trinajstić information content (AvgIpc) is 3.38. The molecule has 2 amide bonds. The van der Waals surface area contributed by atoms with E-state index in [1.54, 1.807) is 6.07 Å². The molecule has 2 aromatic carbocycles. The summed E-state index contributed by atoms with van der Waals surface area (Å²) in [7, 11) is 0. The zero-order chi connectivity index (χ0) is 22.1. The van der Waals surface area contributed by atoms with E-state index >= 15 is 0 Å². The highest BCUT2D eigenvalue weighted by molar-refractivity contribution is 5.85. The number of rotatable bonds is 6. The molecule has 2 atom stereocenters. The lowest BCUT2D eigenvalue weighted by Gasteiger charge is -2.38. The molecule has 5 nitrogen and oxygen atoms in total. The smallest absolute Gasteiger partial charge is 0.317 e. The summed E-state index contributed by atoms with van der Waals surface area (Å²) in [5, 5.41) is 2.85. The molecule has 0 radical (unpaired) electrons. The van der Waals surface area contributed by atoms with Gasteiger partial charge in [0.15, 0.2) is 0 Å². The lowest BCUT2D eigenvalue weighted by Crippen LogP contribution is -2.47. The van der Waals surface area contributed by atoms with Crippen LogP contribution in [0.4, 0.5) is 13.6 Å². The number of hydrogen-bond donors (Lipinski definition) is 1. The lowest BCUT2D eigenvalue weighted by molar-refractivity contribution is 0.0926. The molecule has 5 rings (SSSR count). The molecule has 1 aliphatic carbocycles. The summed E-state index contributed by atoms with van der Waals surface area (Å²) in [5.41, 5.74) is 3.33. The van der Waals surface area contributed by atoms with E-state index in [0.717, 1.165) is 81.9 Å². The standard InChI is InChI=1S/C25H30F2N4O.2ClH/c26-19-4-2-18(3-5-19)22-17-24(23-16-20(27)6-7-21(22)23)30-14-12-29(13-15-30)9-1-10-31-11-8-28-25(31)32;;/h2-7,16,22,24H,1,8-15,17H2,(H,28,32);2*1H. The summed E-state index contributed by atoms with van der Waals surface area (Å²) < 4.78 is 27.6. The third kappa shape index (κ3) is 5.65. The van der Waals surface area contributed by atoms with Crippen molar-refractivity contribution < 1.29 is 13.6 Å². The second kappa shape index (κ2) is 11.7. The fourth-order valence-electron chi connectivity index (χ4n) is 5.49. The molecule has 2 unspecified atom stereocenters. The number of amides is 2. The zero-order valence-corrected chi connectivity index (χ0v) is 20.7. The highest BCUT2D eigenvalue weighted by Crippen LogP contribution is 2.47. The maximum atomic E-state index is 14.1. The minimum absolute atomic E-state index is 0. The Morgan fingerprint density at radius 3 is 2.24 bits per heavy atom. The zero-order valence-electron chi connectivity index (χ0n) is 19.1. The van der Waals surface area contributed by atoms with Gasteiger partial charge in [-0.1, -0.05) is 18.2 Å². The summed E-state index contributed by atoms with van der Waals surface area (Å²) in [5.74, 6) is -0.261. The number of halogens is 4. The van der Waals surface area contributed by atoms with Crippen molar-refractivity contribution in [2.24, 2.45) is 0 Å². The van der Waals surface area contributed by atoms with Gasteiger partial charge in [-0.15, -0.1) is 24.8 Å². The molecule has 9 heteroatoms. The topological polar surface area (TPSA) is 38.8 Å². The van der Waals surface area contributed by atoms with Crippen LogP contribution in [0.3, 0.4) is 0 Å². The minimum Gasteiger partial charge on any atom is -0.336 e. The first kappa shape index (κ1) is 26.7. The molecule has 2 aliphatic heterocycles. The van der Waals surface area contributed by atoms with Crippen LogP contribution in [0.25, 0.3) is 0 Å². The molecular weight excluding hydrogens is 481 g/mol. The number of hydrogen-bond acceptors (Lipinski definition) is 3. The van der Waals surface area contributed by atoms with Crippen molar-refractivity contribution in [2.45, 2.75) is 24.8 Å². The molecule has 0 aromatic heterocycles. The van der Waals surface area contributed by atoms with Gasteiger partial charge in [-0.05, 0) is 60.3 Å². The Kier molecular flexibility index (Phi) is 9.15. The van der Waals surface area contributed by atoms with E-state index in [-0.39, 0.29) is 54.4 Å². The monoisotopic (exact) mass is 512 g/mol.